The lowest BCUT2D eigenvalue weighted by Crippen LogP contribution is -2.25. The molecule has 0 fully saturated rings. The van der Waals surface area contributed by atoms with Gasteiger partial charge in [-0.3, -0.25) is 0 Å². The van der Waals surface area contributed by atoms with Crippen LogP contribution in [0.15, 0.2) is 60.7 Å². The van der Waals surface area contributed by atoms with E-state index in [1.807, 2.05) is 56.3 Å². The van der Waals surface area contributed by atoms with E-state index in [4.69, 9.17) is 4.65 Å². The molecule has 2 heterocycles. The van der Waals surface area contributed by atoms with E-state index in [-0.39, 0.29) is 0 Å². The fraction of sp³-hybridized carbons (Fsp3) is 0.304. The van der Waals surface area contributed by atoms with Crippen molar-refractivity contribution in [3.8, 4) is 0 Å². The van der Waals surface area contributed by atoms with Crippen LogP contribution in [0, 0.1) is 0 Å². The number of hydrogen-bond acceptors (Lipinski definition) is 3. The summed E-state index contributed by atoms with van der Waals surface area (Å²) < 4.78 is 5.87. The number of anilines is 1. The lowest BCUT2D eigenvalue weighted by atomic mass is 9.60. The van der Waals surface area contributed by atoms with E-state index < -0.39 is 11.4 Å². The third-order valence-corrected chi connectivity index (χ3v) is 5.47. The van der Waals surface area contributed by atoms with Gasteiger partial charge in [-0.05, 0) is 42.7 Å². The number of rotatable bonds is 7. The number of aromatic nitrogens is 1. The number of H-pyrrole nitrogens is 1. The third kappa shape index (κ3) is 3.60. The minimum absolute atomic E-state index is 0.479. The molecule has 3 aromatic rings. The van der Waals surface area contributed by atoms with E-state index in [1.165, 1.54) is 16.6 Å². The Morgan fingerprint density at radius 1 is 1.25 bits per heavy atom. The Kier molecular flexibility index (Phi) is 5.29. The second kappa shape index (κ2) is 7.86. The number of aliphatic hydroxyl groups excluding tert-OH is 1. The number of nitrogens with one attached hydrogen (secondary N) is 2. The minimum atomic E-state index is -0.739. The standard InChI is InChI=1S/C23H26BN2O2/c1-3-12-23(2,24-28-15-16-7-5-4-6-8-16)22(27)21-14-18-17-11-13-25-19(17)9-10-20(18)26-21/h3-10,12,14,22,25-27H,11,13,15H2,1-2H3. The van der Waals surface area contributed by atoms with Gasteiger partial charge in [0.25, 0.3) is 0 Å². The quantitative estimate of drug-likeness (QED) is 0.413. The fourth-order valence-electron chi connectivity index (χ4n) is 3.97. The van der Waals surface area contributed by atoms with Gasteiger partial charge in [-0.2, -0.15) is 0 Å². The summed E-state index contributed by atoms with van der Waals surface area (Å²) in [4.78, 5) is 3.41. The number of allylic oxidation sites excluding steroid dienone is 1. The van der Waals surface area contributed by atoms with Gasteiger partial charge >= 0.3 is 7.48 Å². The molecule has 3 N–H and O–H groups in total. The summed E-state index contributed by atoms with van der Waals surface area (Å²) in [6, 6.07) is 16.3. The average molecular weight is 373 g/mol. The molecule has 1 aliphatic heterocycles. The van der Waals surface area contributed by atoms with Crippen LogP contribution in [-0.2, 0) is 17.7 Å². The van der Waals surface area contributed by atoms with Gasteiger partial charge in [0.15, 0.2) is 0 Å². The van der Waals surface area contributed by atoms with Gasteiger partial charge in [0, 0.05) is 34.1 Å². The first-order chi connectivity index (χ1) is 13.6. The Labute approximate surface area is 166 Å². The van der Waals surface area contributed by atoms with Gasteiger partial charge in [0.1, 0.15) is 0 Å². The van der Waals surface area contributed by atoms with Crippen LogP contribution in [-0.4, -0.2) is 24.1 Å². The monoisotopic (exact) mass is 373 g/mol. The van der Waals surface area contributed by atoms with Gasteiger partial charge in [-0.15, -0.1) is 0 Å². The average Bonchev–Trinajstić information content (AvgIpc) is 3.34. The molecule has 1 aliphatic rings. The summed E-state index contributed by atoms with van der Waals surface area (Å²) >= 11 is 0. The number of fused-ring (bicyclic) bond motifs is 3. The van der Waals surface area contributed by atoms with Crippen LogP contribution in [0.5, 0.6) is 0 Å². The summed E-state index contributed by atoms with van der Waals surface area (Å²) in [6.07, 6.45) is 4.21. The van der Waals surface area contributed by atoms with E-state index >= 15 is 0 Å². The molecule has 0 saturated carbocycles. The number of aliphatic hydroxyl groups is 1. The van der Waals surface area contributed by atoms with Crippen molar-refractivity contribution in [2.24, 2.45) is 0 Å². The second-order valence-electron chi connectivity index (χ2n) is 7.64. The second-order valence-corrected chi connectivity index (χ2v) is 7.64. The molecule has 0 spiro atoms. The van der Waals surface area contributed by atoms with Crippen molar-refractivity contribution in [3.05, 3.63) is 77.5 Å². The van der Waals surface area contributed by atoms with Gasteiger partial charge in [0.05, 0.1) is 12.7 Å². The molecule has 4 rings (SSSR count). The molecule has 0 saturated heterocycles. The van der Waals surface area contributed by atoms with E-state index in [1.54, 1.807) is 7.48 Å². The number of hydrogen-bond donors (Lipinski definition) is 3. The Balaban J connectivity index is 1.56. The van der Waals surface area contributed by atoms with Gasteiger partial charge in [0.2, 0.25) is 0 Å². The molecule has 1 radical (unpaired) electrons. The van der Waals surface area contributed by atoms with E-state index in [2.05, 4.69) is 28.5 Å². The van der Waals surface area contributed by atoms with E-state index in [0.717, 1.165) is 29.7 Å². The van der Waals surface area contributed by atoms with Gasteiger partial charge in [-0.25, -0.2) is 0 Å². The summed E-state index contributed by atoms with van der Waals surface area (Å²) in [7, 11) is 1.75. The maximum atomic E-state index is 11.2. The highest BCUT2D eigenvalue weighted by Gasteiger charge is 2.35. The van der Waals surface area contributed by atoms with Crippen molar-refractivity contribution < 1.29 is 9.76 Å². The largest absolute Gasteiger partial charge is 0.435 e. The minimum Gasteiger partial charge on any atom is -0.435 e. The fourth-order valence-corrected chi connectivity index (χ4v) is 3.97. The summed E-state index contributed by atoms with van der Waals surface area (Å²) in [6.45, 7) is 5.39. The summed E-state index contributed by atoms with van der Waals surface area (Å²) in [5, 5.41) is 15.2. The van der Waals surface area contributed by atoms with Gasteiger partial charge < -0.3 is 20.1 Å². The SMILES string of the molecule is CC=CC(C)([B]OCc1ccccc1)C(O)c1cc2c3c(ccc2[nH]1)NCC3. The Morgan fingerprint density at radius 3 is 2.86 bits per heavy atom. The lowest BCUT2D eigenvalue weighted by Gasteiger charge is -2.29. The third-order valence-electron chi connectivity index (χ3n) is 5.47. The molecule has 4 nitrogen and oxygen atoms in total. The predicted molar refractivity (Wildman–Crippen MR) is 116 cm³/mol. The van der Waals surface area contributed by atoms with Gasteiger partial charge in [-0.1, -0.05) is 49.4 Å². The molecule has 0 amide bonds. The van der Waals surface area contributed by atoms with Crippen LogP contribution in [0.25, 0.3) is 10.9 Å². The first-order valence-electron chi connectivity index (χ1n) is 9.81. The van der Waals surface area contributed by atoms with Crippen molar-refractivity contribution in [1.29, 1.82) is 0 Å². The zero-order chi connectivity index (χ0) is 19.6. The van der Waals surface area contributed by atoms with Crippen molar-refractivity contribution in [1.82, 2.24) is 4.98 Å². The Hall–Kier alpha value is -2.50. The van der Waals surface area contributed by atoms with Crippen LogP contribution in [0.2, 0.25) is 5.31 Å². The predicted octanol–water partition coefficient (Wildman–Crippen LogP) is 4.76. The summed E-state index contributed by atoms with van der Waals surface area (Å²) in [5.41, 5.74) is 5.48. The first-order valence-corrected chi connectivity index (χ1v) is 9.81. The van der Waals surface area contributed by atoms with Crippen molar-refractivity contribution in [2.45, 2.75) is 38.3 Å². The maximum absolute atomic E-state index is 11.2. The number of aromatic amines is 1. The Morgan fingerprint density at radius 2 is 2.07 bits per heavy atom. The highest BCUT2D eigenvalue weighted by atomic mass is 16.4. The molecule has 0 aliphatic carbocycles. The molecule has 143 valence electrons. The summed E-state index contributed by atoms with van der Waals surface area (Å²) in [5.74, 6) is 0. The van der Waals surface area contributed by atoms with Crippen LogP contribution in [0.1, 0.15) is 36.8 Å². The molecule has 28 heavy (non-hydrogen) atoms. The molecule has 0 bridgehead atoms. The van der Waals surface area contributed by atoms with Crippen molar-refractivity contribution in [3.63, 3.8) is 0 Å². The normalized spacial score (nSPS) is 16.7. The van der Waals surface area contributed by atoms with Crippen molar-refractivity contribution >= 4 is 24.1 Å². The molecular formula is C23H26BN2O2. The van der Waals surface area contributed by atoms with Crippen molar-refractivity contribution in [2.75, 3.05) is 11.9 Å². The molecule has 1 aromatic heterocycles. The van der Waals surface area contributed by atoms with E-state index in [0.29, 0.717) is 6.61 Å². The van der Waals surface area contributed by atoms with Crippen LogP contribution >= 0.6 is 0 Å². The molecule has 2 aromatic carbocycles. The number of benzene rings is 2. The first kappa shape index (κ1) is 18.8. The highest BCUT2D eigenvalue weighted by molar-refractivity contribution is 6.33. The smallest absolute Gasteiger partial charge is 0.306 e. The lowest BCUT2D eigenvalue weighted by molar-refractivity contribution is 0.132. The molecule has 2 unspecified atom stereocenters. The zero-order valence-electron chi connectivity index (χ0n) is 16.4. The van der Waals surface area contributed by atoms with Crippen LogP contribution in [0.4, 0.5) is 5.69 Å². The highest BCUT2D eigenvalue weighted by Crippen LogP contribution is 2.43. The Bertz CT molecular complexity index is 983. The topological polar surface area (TPSA) is 57.3 Å². The molecule has 5 heteroatoms. The maximum Gasteiger partial charge on any atom is 0.306 e. The van der Waals surface area contributed by atoms with Crippen LogP contribution < -0.4 is 5.32 Å². The van der Waals surface area contributed by atoms with E-state index in [9.17, 15) is 5.11 Å². The molecule has 2 atom stereocenters. The van der Waals surface area contributed by atoms with Crippen LogP contribution in [0.3, 0.4) is 0 Å². The molecular weight excluding hydrogens is 347 g/mol. The zero-order valence-corrected chi connectivity index (χ0v) is 16.4.